The third-order valence-corrected chi connectivity index (χ3v) is 15.6. The Balaban J connectivity index is 1.01. The minimum absolute atomic E-state index is 0.189. The average Bonchev–Trinajstić information content (AvgIpc) is 4.06. The number of nitrogens with zero attached hydrogens (tertiary/aromatic N) is 3. The van der Waals surface area contributed by atoms with E-state index in [4.69, 9.17) is 9.97 Å². The van der Waals surface area contributed by atoms with Crippen molar-refractivity contribution in [3.8, 4) is 39.5 Å². The molecule has 0 N–H and O–H groups in total. The van der Waals surface area contributed by atoms with E-state index >= 15 is 0 Å². The summed E-state index contributed by atoms with van der Waals surface area (Å²) in [4.78, 5) is 11.3. The summed E-state index contributed by atoms with van der Waals surface area (Å²) in [7, 11) is 0. The van der Waals surface area contributed by atoms with Crippen molar-refractivity contribution in [1.82, 2.24) is 14.5 Å². The van der Waals surface area contributed by atoms with E-state index in [0.717, 1.165) is 44.0 Å². The lowest BCUT2D eigenvalue weighted by atomic mass is 9.88. The number of aromatic nitrogens is 3. The van der Waals surface area contributed by atoms with E-state index in [9.17, 15) is 0 Å². The summed E-state index contributed by atoms with van der Waals surface area (Å²) >= 11 is 1.88. The van der Waals surface area contributed by atoms with Gasteiger partial charge in [-0.3, -0.25) is 4.57 Å². The molecule has 1 aliphatic rings. The molecule has 0 bridgehead atoms. The number of rotatable bonds is 4. The average molecular weight is 868 g/mol. The Morgan fingerprint density at radius 1 is 0.403 bits per heavy atom. The molecule has 3 aromatic heterocycles. The van der Waals surface area contributed by atoms with Crippen LogP contribution in [0.4, 0.5) is 0 Å². The standard InChI is InChI=1S/C63H37N3S/c1-2-16-39(17-3-1)56-47-21-9-8-20-45(47)46-31-29-41(35-52(46)56)42-30-33-55-53(36-42)58-49-23-11-10-22-48(49)57-50-24-12-13-25-54(50)66(61(57)62(58)67-55)63-64-59(43-27-26-37-14-4-5-18-40(37)34-43)51-32-28-38-15-6-7-19-44(38)60(51)65-63/h1-36,56H. The van der Waals surface area contributed by atoms with Crippen LogP contribution in [0.3, 0.4) is 0 Å². The van der Waals surface area contributed by atoms with E-state index in [1.165, 1.54) is 91.4 Å². The summed E-state index contributed by atoms with van der Waals surface area (Å²) in [5.41, 5.74) is 14.3. The molecule has 4 heteroatoms. The van der Waals surface area contributed by atoms with Crippen molar-refractivity contribution >= 4 is 96.5 Å². The molecule has 11 aromatic carbocycles. The van der Waals surface area contributed by atoms with Crippen LogP contribution in [-0.2, 0) is 0 Å². The normalized spacial score (nSPS) is 13.5. The molecule has 15 rings (SSSR count). The quantitative estimate of drug-likeness (QED) is 0.165. The molecule has 3 nitrogen and oxygen atoms in total. The number of para-hydroxylation sites is 1. The zero-order chi connectivity index (χ0) is 43.7. The van der Waals surface area contributed by atoms with Gasteiger partial charge >= 0.3 is 0 Å². The van der Waals surface area contributed by atoms with E-state index in [1.54, 1.807) is 0 Å². The lowest BCUT2D eigenvalue weighted by molar-refractivity contribution is 1.02. The predicted molar refractivity (Wildman–Crippen MR) is 283 cm³/mol. The zero-order valence-corrected chi connectivity index (χ0v) is 36.9. The van der Waals surface area contributed by atoms with Gasteiger partial charge in [0, 0.05) is 48.5 Å². The minimum Gasteiger partial charge on any atom is -0.276 e. The van der Waals surface area contributed by atoms with Gasteiger partial charge in [-0.05, 0) is 102 Å². The van der Waals surface area contributed by atoms with Gasteiger partial charge in [0.05, 0.1) is 26.9 Å². The second kappa shape index (κ2) is 14.0. The first-order valence-corrected chi connectivity index (χ1v) is 23.8. The molecule has 14 aromatic rings. The number of benzene rings is 11. The molecule has 0 radical (unpaired) electrons. The largest absolute Gasteiger partial charge is 0.276 e. The Morgan fingerprint density at radius 2 is 1.06 bits per heavy atom. The second-order valence-electron chi connectivity index (χ2n) is 18.0. The van der Waals surface area contributed by atoms with Crippen LogP contribution in [0.15, 0.2) is 218 Å². The predicted octanol–water partition coefficient (Wildman–Crippen LogP) is 17.0. The van der Waals surface area contributed by atoms with E-state index < -0.39 is 0 Å². The van der Waals surface area contributed by atoms with Crippen LogP contribution >= 0.6 is 11.3 Å². The third-order valence-electron chi connectivity index (χ3n) is 14.4. The second-order valence-corrected chi connectivity index (χ2v) is 19.0. The van der Waals surface area contributed by atoms with Crippen molar-refractivity contribution in [2.75, 3.05) is 0 Å². The van der Waals surface area contributed by atoms with Crippen LogP contribution in [0, 0.1) is 0 Å². The number of hydrogen-bond donors (Lipinski definition) is 0. The molecule has 0 amide bonds. The van der Waals surface area contributed by atoms with Gasteiger partial charge in [-0.25, -0.2) is 9.97 Å². The lowest BCUT2D eigenvalue weighted by Crippen LogP contribution is -2.04. The maximum absolute atomic E-state index is 5.65. The summed E-state index contributed by atoms with van der Waals surface area (Å²) in [6.45, 7) is 0. The fraction of sp³-hybridized carbons (Fsp3) is 0.0159. The Hall–Kier alpha value is -8.44. The highest BCUT2D eigenvalue weighted by Crippen LogP contribution is 2.51. The van der Waals surface area contributed by atoms with Gasteiger partial charge in [0.15, 0.2) is 0 Å². The first kappa shape index (κ1) is 36.9. The Labute approximate surface area is 389 Å². The fourth-order valence-corrected chi connectivity index (χ4v) is 12.7. The third kappa shape index (κ3) is 5.33. The summed E-state index contributed by atoms with van der Waals surface area (Å²) in [5, 5.41) is 13.1. The number of hydrogen-bond acceptors (Lipinski definition) is 3. The Kier molecular flexibility index (Phi) is 7.72. The van der Waals surface area contributed by atoms with Crippen LogP contribution in [-0.4, -0.2) is 14.5 Å². The first-order valence-electron chi connectivity index (χ1n) is 23.0. The molecule has 3 heterocycles. The van der Waals surface area contributed by atoms with Crippen molar-refractivity contribution < 1.29 is 0 Å². The summed E-state index contributed by atoms with van der Waals surface area (Å²) < 4.78 is 4.86. The van der Waals surface area contributed by atoms with Crippen LogP contribution < -0.4 is 0 Å². The molecule has 310 valence electrons. The highest BCUT2D eigenvalue weighted by atomic mass is 32.1. The molecule has 0 aliphatic heterocycles. The van der Waals surface area contributed by atoms with Crippen molar-refractivity contribution in [3.05, 3.63) is 235 Å². The van der Waals surface area contributed by atoms with Gasteiger partial charge < -0.3 is 0 Å². The summed E-state index contributed by atoms with van der Waals surface area (Å²) in [6, 6.07) is 80.2. The highest BCUT2D eigenvalue weighted by Gasteiger charge is 2.30. The van der Waals surface area contributed by atoms with Crippen LogP contribution in [0.25, 0.3) is 125 Å². The maximum Gasteiger partial charge on any atom is 0.235 e. The molecule has 1 unspecified atom stereocenters. The van der Waals surface area contributed by atoms with Crippen molar-refractivity contribution in [2.45, 2.75) is 5.92 Å². The van der Waals surface area contributed by atoms with E-state index in [2.05, 4.69) is 223 Å². The van der Waals surface area contributed by atoms with Crippen molar-refractivity contribution in [2.24, 2.45) is 0 Å². The van der Waals surface area contributed by atoms with Crippen LogP contribution in [0.2, 0.25) is 0 Å². The number of fused-ring (bicyclic) bond motifs is 17. The SMILES string of the molecule is c1ccc(C2c3ccccc3-c3ccc(-c4ccc5sc6c(c5c4)c4ccccc4c4c5ccccc5n(-c5nc(-c7ccc8ccccc8c7)c7ccc8ccccc8c7n5)c64)cc32)cc1. The van der Waals surface area contributed by atoms with E-state index in [1.807, 2.05) is 11.3 Å². The van der Waals surface area contributed by atoms with Gasteiger partial charge in [0.2, 0.25) is 5.95 Å². The molecular weight excluding hydrogens is 831 g/mol. The van der Waals surface area contributed by atoms with Gasteiger partial charge in [-0.15, -0.1) is 11.3 Å². The Bertz CT molecular complexity index is 4410. The van der Waals surface area contributed by atoms with E-state index in [0.29, 0.717) is 5.95 Å². The molecule has 0 fully saturated rings. The van der Waals surface area contributed by atoms with E-state index in [-0.39, 0.29) is 5.92 Å². The van der Waals surface area contributed by atoms with Crippen molar-refractivity contribution in [1.29, 1.82) is 0 Å². The zero-order valence-electron chi connectivity index (χ0n) is 36.1. The molecule has 67 heavy (non-hydrogen) atoms. The van der Waals surface area contributed by atoms with Crippen molar-refractivity contribution in [3.63, 3.8) is 0 Å². The molecule has 1 aliphatic carbocycles. The molecule has 0 saturated heterocycles. The Morgan fingerprint density at radius 3 is 1.94 bits per heavy atom. The van der Waals surface area contributed by atoms with Gasteiger partial charge in [-0.1, -0.05) is 182 Å². The summed E-state index contributed by atoms with van der Waals surface area (Å²) in [5.74, 6) is 0.856. The fourth-order valence-electron chi connectivity index (χ4n) is 11.5. The first-order chi connectivity index (χ1) is 33.2. The topological polar surface area (TPSA) is 30.7 Å². The summed E-state index contributed by atoms with van der Waals surface area (Å²) in [6.07, 6.45) is 0. The maximum atomic E-state index is 5.65. The molecule has 0 spiro atoms. The van der Waals surface area contributed by atoms with Gasteiger partial charge in [0.25, 0.3) is 0 Å². The smallest absolute Gasteiger partial charge is 0.235 e. The lowest BCUT2D eigenvalue weighted by Gasteiger charge is -2.15. The van der Waals surface area contributed by atoms with Gasteiger partial charge in [-0.2, -0.15) is 0 Å². The van der Waals surface area contributed by atoms with Gasteiger partial charge in [0.1, 0.15) is 0 Å². The highest BCUT2D eigenvalue weighted by molar-refractivity contribution is 7.27. The monoisotopic (exact) mass is 867 g/mol. The molecule has 1 atom stereocenters. The minimum atomic E-state index is 0.189. The molecule has 0 saturated carbocycles. The van der Waals surface area contributed by atoms with Crippen LogP contribution in [0.5, 0.6) is 0 Å². The number of thiophene rings is 1. The van der Waals surface area contributed by atoms with Crippen LogP contribution in [0.1, 0.15) is 22.6 Å². The molecular formula is C63H37N3S.